The van der Waals surface area contributed by atoms with Gasteiger partial charge in [-0.05, 0) is 70.6 Å². The van der Waals surface area contributed by atoms with Crippen molar-refractivity contribution in [2.45, 2.75) is 367 Å². The van der Waals surface area contributed by atoms with Gasteiger partial charge in [-0.3, -0.25) is 9.59 Å². The molecule has 0 amide bonds. The number of rotatable bonds is 71. The number of carbonyl (C=O) groups is 3. The lowest BCUT2D eigenvalue weighted by Crippen LogP contribution is -2.40. The Kier molecular flexibility index (Phi) is 68.5. The molecule has 0 aromatic heterocycles. The van der Waals surface area contributed by atoms with Gasteiger partial charge in [0.25, 0.3) is 6.29 Å². The summed E-state index contributed by atoms with van der Waals surface area (Å²) in [6, 6.07) is 0. The van der Waals surface area contributed by atoms with Gasteiger partial charge in [0.05, 0.1) is 34.4 Å². The lowest BCUT2D eigenvalue weighted by Gasteiger charge is -2.25. The summed E-state index contributed by atoms with van der Waals surface area (Å²) in [5.41, 5.74) is 0. The van der Waals surface area contributed by atoms with E-state index >= 15 is 0 Å². The molecule has 0 aromatic rings. The summed E-state index contributed by atoms with van der Waals surface area (Å²) < 4.78 is 23.0. The Balaban J connectivity index is 4.01. The summed E-state index contributed by atoms with van der Waals surface area (Å²) in [5.74, 6) is -2.04. The summed E-state index contributed by atoms with van der Waals surface area (Å²) in [6.07, 6.45) is 94.6. The van der Waals surface area contributed by atoms with E-state index < -0.39 is 24.3 Å². The molecule has 0 rings (SSSR count). The van der Waals surface area contributed by atoms with Gasteiger partial charge in [-0.2, -0.15) is 0 Å². The zero-order valence-corrected chi connectivity index (χ0v) is 59.8. The fourth-order valence-electron chi connectivity index (χ4n) is 11.1. The molecular weight excluding hydrogens is 1110 g/mol. The quantitative estimate of drug-likeness (QED) is 0.0211. The Labute approximate surface area is 557 Å². The summed E-state index contributed by atoms with van der Waals surface area (Å²) in [6.45, 7) is 4.76. The van der Waals surface area contributed by atoms with Crippen molar-refractivity contribution in [1.29, 1.82) is 0 Å². The van der Waals surface area contributed by atoms with Crippen molar-refractivity contribution in [3.05, 3.63) is 85.1 Å². The van der Waals surface area contributed by atoms with Crippen molar-refractivity contribution in [3.63, 3.8) is 0 Å². The average molecular weight is 1260 g/mol. The topological polar surface area (TPSA) is 108 Å². The van der Waals surface area contributed by atoms with Crippen molar-refractivity contribution in [2.24, 2.45) is 0 Å². The molecule has 0 saturated heterocycles. The number of aliphatic carboxylic acids is 1. The van der Waals surface area contributed by atoms with Crippen LogP contribution in [0.3, 0.4) is 0 Å². The van der Waals surface area contributed by atoms with Gasteiger partial charge in [0.2, 0.25) is 0 Å². The molecule has 2 atom stereocenters. The molecule has 9 heteroatoms. The van der Waals surface area contributed by atoms with Gasteiger partial charge in [0.1, 0.15) is 13.2 Å². The molecule has 0 aromatic carbocycles. The third-order valence-electron chi connectivity index (χ3n) is 16.9. The fourth-order valence-corrected chi connectivity index (χ4v) is 11.1. The molecule has 9 nitrogen and oxygen atoms in total. The third-order valence-corrected chi connectivity index (χ3v) is 16.9. The van der Waals surface area contributed by atoms with Gasteiger partial charge in [0, 0.05) is 12.8 Å². The highest BCUT2D eigenvalue weighted by Crippen LogP contribution is 2.19. The van der Waals surface area contributed by atoms with E-state index in [2.05, 4.69) is 98.9 Å². The molecule has 1 N–H and O–H groups in total. The molecule has 0 fully saturated rings. The second-order valence-electron chi connectivity index (χ2n) is 26.9. The standard InChI is InChI=1S/C81H145NO8/c1-6-8-10-12-14-16-18-20-22-24-26-28-30-32-33-34-35-36-37-38-39-40-41-42-43-44-45-46-48-49-51-53-55-57-59-61-63-65-67-69-71-78(83)88-75-77(76-89-81(80(85)86)87-74-73-82(3,4)5)90-79(84)72-70-68-66-64-62-60-58-56-54-52-50-47-31-29-27-25-23-21-19-17-15-13-11-9-7-2/h9,11,15,17,21,23,27,29,47,50,54,56,60,62,77,81H,6-8,10,12-14,16,18-20,22,24-26,28,30-46,48-49,51-53,55,57-59,61,63-76H2,1-5H3/p+1/b11-9-,17-15-,23-21-,29-27-,50-47-,56-54-,62-60-. The van der Waals surface area contributed by atoms with Crippen molar-refractivity contribution in [3.8, 4) is 0 Å². The molecular formula is C81H146NO8+. The Morgan fingerprint density at radius 1 is 0.344 bits per heavy atom. The molecule has 0 heterocycles. The summed E-state index contributed by atoms with van der Waals surface area (Å²) in [4.78, 5) is 37.6. The second-order valence-corrected chi connectivity index (χ2v) is 26.9. The van der Waals surface area contributed by atoms with Crippen LogP contribution < -0.4 is 0 Å². The van der Waals surface area contributed by atoms with Gasteiger partial charge < -0.3 is 28.5 Å². The molecule has 0 aliphatic heterocycles. The first-order valence-corrected chi connectivity index (χ1v) is 38.3. The van der Waals surface area contributed by atoms with E-state index in [4.69, 9.17) is 18.9 Å². The van der Waals surface area contributed by atoms with E-state index in [1.165, 1.54) is 238 Å². The third kappa shape index (κ3) is 71.9. The molecule has 2 unspecified atom stereocenters. The number of hydrogen-bond acceptors (Lipinski definition) is 7. The average Bonchev–Trinajstić information content (AvgIpc) is 3.73. The minimum Gasteiger partial charge on any atom is -0.477 e. The number of quaternary nitrogens is 1. The number of esters is 2. The van der Waals surface area contributed by atoms with Gasteiger partial charge in [-0.15, -0.1) is 0 Å². The van der Waals surface area contributed by atoms with E-state index in [1.807, 2.05) is 21.1 Å². The molecule has 0 aliphatic carbocycles. The van der Waals surface area contributed by atoms with Crippen LogP contribution in [-0.4, -0.2) is 87.4 Å². The smallest absolute Gasteiger partial charge is 0.361 e. The van der Waals surface area contributed by atoms with Crippen molar-refractivity contribution in [1.82, 2.24) is 0 Å². The predicted octanol–water partition coefficient (Wildman–Crippen LogP) is 24.2. The monoisotopic (exact) mass is 1260 g/mol. The molecule has 0 radical (unpaired) electrons. The first-order valence-electron chi connectivity index (χ1n) is 38.3. The summed E-state index contributed by atoms with van der Waals surface area (Å²) in [7, 11) is 5.97. The number of carboxylic acid groups (broad SMARTS) is 1. The van der Waals surface area contributed by atoms with Gasteiger partial charge in [0.15, 0.2) is 6.10 Å². The van der Waals surface area contributed by atoms with Crippen LogP contribution in [0.2, 0.25) is 0 Å². The lowest BCUT2D eigenvalue weighted by molar-refractivity contribution is -0.870. The molecule has 0 saturated carbocycles. The largest absolute Gasteiger partial charge is 0.477 e. The van der Waals surface area contributed by atoms with Crippen LogP contribution in [0, 0.1) is 0 Å². The maximum atomic E-state index is 12.9. The number of likely N-dealkylation sites (N-methyl/N-ethyl adjacent to an activating group) is 1. The Morgan fingerprint density at radius 3 is 0.944 bits per heavy atom. The number of unbranched alkanes of at least 4 members (excludes halogenated alkanes) is 42. The van der Waals surface area contributed by atoms with Crippen LogP contribution in [0.5, 0.6) is 0 Å². The Hall–Kier alpha value is -3.53. The van der Waals surface area contributed by atoms with Crippen LogP contribution in [0.25, 0.3) is 0 Å². The normalized spacial score (nSPS) is 13.1. The van der Waals surface area contributed by atoms with E-state index in [0.29, 0.717) is 23.9 Å². The van der Waals surface area contributed by atoms with Crippen LogP contribution >= 0.6 is 0 Å². The first kappa shape index (κ1) is 86.5. The van der Waals surface area contributed by atoms with Gasteiger partial charge in [-0.1, -0.05) is 356 Å². The second kappa shape index (κ2) is 71.3. The van der Waals surface area contributed by atoms with Crippen LogP contribution in [0.4, 0.5) is 0 Å². The number of carboxylic acids is 1. The molecule has 90 heavy (non-hydrogen) atoms. The number of allylic oxidation sites excluding steroid dienone is 14. The van der Waals surface area contributed by atoms with Gasteiger partial charge in [-0.25, -0.2) is 4.79 Å². The Morgan fingerprint density at radius 2 is 0.633 bits per heavy atom. The maximum absolute atomic E-state index is 12.9. The predicted molar refractivity (Wildman–Crippen MR) is 387 cm³/mol. The first-order chi connectivity index (χ1) is 44.1. The minimum absolute atomic E-state index is 0.178. The fraction of sp³-hybridized carbons (Fsp3) is 0.790. The molecule has 0 aliphatic rings. The van der Waals surface area contributed by atoms with E-state index in [-0.39, 0.29) is 32.2 Å². The van der Waals surface area contributed by atoms with Gasteiger partial charge >= 0.3 is 17.9 Å². The van der Waals surface area contributed by atoms with Crippen molar-refractivity contribution < 1.29 is 42.9 Å². The highest BCUT2D eigenvalue weighted by Gasteiger charge is 2.25. The highest BCUT2D eigenvalue weighted by molar-refractivity contribution is 5.71. The lowest BCUT2D eigenvalue weighted by atomic mass is 10.0. The maximum Gasteiger partial charge on any atom is 0.361 e. The minimum atomic E-state index is -1.52. The van der Waals surface area contributed by atoms with Crippen LogP contribution in [0.15, 0.2) is 85.1 Å². The van der Waals surface area contributed by atoms with Crippen LogP contribution in [-0.2, 0) is 33.3 Å². The SMILES string of the molecule is CC/C=C\C/C=C\C/C=C\C/C=C\C/C=C\C/C=C\C/C=C\CCCCCC(=O)OC(COC(=O)CCCCCCCCCCCCCCCCCCCCCCCCCCCCCCCCCCCCCCCCCC)COC(OCC[N+](C)(C)C)C(=O)O. The number of ether oxygens (including phenoxy) is 4. The zero-order chi connectivity index (χ0) is 65.4. The zero-order valence-electron chi connectivity index (χ0n) is 59.8. The number of nitrogens with zero attached hydrogens (tertiary/aromatic N) is 1. The van der Waals surface area contributed by atoms with Crippen molar-refractivity contribution >= 4 is 17.9 Å². The molecule has 0 spiro atoms. The van der Waals surface area contributed by atoms with E-state index in [1.54, 1.807) is 0 Å². The highest BCUT2D eigenvalue weighted by atomic mass is 16.7. The van der Waals surface area contributed by atoms with E-state index in [9.17, 15) is 19.5 Å². The summed E-state index contributed by atoms with van der Waals surface area (Å²) >= 11 is 0. The number of hydrogen-bond donors (Lipinski definition) is 1. The number of carbonyl (C=O) groups excluding carboxylic acids is 2. The molecule has 0 bridgehead atoms. The van der Waals surface area contributed by atoms with Crippen LogP contribution in [0.1, 0.15) is 354 Å². The van der Waals surface area contributed by atoms with E-state index in [0.717, 1.165) is 83.5 Å². The molecule has 522 valence electrons. The van der Waals surface area contributed by atoms with Crippen molar-refractivity contribution in [2.75, 3.05) is 47.5 Å². The Bertz CT molecular complexity index is 1760. The summed E-state index contributed by atoms with van der Waals surface area (Å²) in [5, 5.41) is 9.75.